The molecule has 2 rings (SSSR count). The van der Waals surface area contributed by atoms with E-state index in [1.165, 1.54) is 6.08 Å². The Morgan fingerprint density at radius 1 is 1.12 bits per heavy atom. The number of amides is 2. The number of carbonyl (C=O) groups is 2. The fourth-order valence-corrected chi connectivity index (χ4v) is 1.89. The monoisotopic (exact) mass is 335 g/mol. The molecule has 126 valence electrons. The highest BCUT2D eigenvalue weighted by atomic mass is 16.5. The van der Waals surface area contributed by atoms with E-state index in [0.717, 1.165) is 11.1 Å². The smallest absolute Gasteiger partial charge is 0.276 e. The van der Waals surface area contributed by atoms with Crippen LogP contribution in [0.5, 0.6) is 5.75 Å². The van der Waals surface area contributed by atoms with Gasteiger partial charge in [0, 0.05) is 6.08 Å². The highest BCUT2D eigenvalue weighted by Gasteiger charge is 2.06. The second-order valence-electron chi connectivity index (χ2n) is 5.18. The number of ether oxygens (including phenoxy) is 1. The summed E-state index contributed by atoms with van der Waals surface area (Å²) in [6, 6.07) is 16.2. The summed E-state index contributed by atoms with van der Waals surface area (Å²) in [5.41, 5.74) is 6.84. The van der Waals surface area contributed by atoms with Crippen LogP contribution in [0.4, 0.5) is 0 Å². The Bertz CT molecular complexity index is 821. The van der Waals surface area contributed by atoms with E-state index < -0.39 is 11.8 Å². The Labute approximate surface area is 145 Å². The van der Waals surface area contributed by atoms with E-state index in [4.69, 9.17) is 10.00 Å². The average molecular weight is 335 g/mol. The van der Waals surface area contributed by atoms with E-state index in [1.54, 1.807) is 30.3 Å². The molecule has 0 fully saturated rings. The van der Waals surface area contributed by atoms with Crippen LogP contribution in [0.2, 0.25) is 0 Å². The van der Waals surface area contributed by atoms with Gasteiger partial charge in [-0.25, -0.2) is 0 Å². The third-order valence-corrected chi connectivity index (χ3v) is 3.20. The van der Waals surface area contributed by atoms with Crippen LogP contribution in [0, 0.1) is 18.3 Å². The number of nitrogens with zero attached hydrogens (tertiary/aromatic N) is 1. The molecule has 6 nitrogen and oxygen atoms in total. The molecule has 0 aliphatic heterocycles. The molecule has 25 heavy (non-hydrogen) atoms. The van der Waals surface area contributed by atoms with E-state index in [2.05, 4.69) is 10.9 Å². The summed E-state index contributed by atoms with van der Waals surface area (Å²) in [5.74, 6) is -0.693. The first-order valence-electron chi connectivity index (χ1n) is 7.54. The molecule has 2 N–H and O–H groups in total. The zero-order chi connectivity index (χ0) is 18.1. The van der Waals surface area contributed by atoms with Gasteiger partial charge in [0.15, 0.2) is 6.61 Å². The number of nitrogens with one attached hydrogen (secondary N) is 2. The quantitative estimate of drug-likeness (QED) is 0.647. The lowest BCUT2D eigenvalue weighted by Gasteiger charge is -2.08. The van der Waals surface area contributed by atoms with Crippen molar-refractivity contribution in [2.75, 3.05) is 6.61 Å². The predicted octanol–water partition coefficient (Wildman–Crippen LogP) is 2.11. The van der Waals surface area contributed by atoms with Crippen molar-refractivity contribution in [3.05, 3.63) is 71.3 Å². The molecule has 0 saturated carbocycles. The van der Waals surface area contributed by atoms with E-state index in [-0.39, 0.29) is 6.61 Å². The van der Waals surface area contributed by atoms with Crippen molar-refractivity contribution in [3.8, 4) is 11.8 Å². The van der Waals surface area contributed by atoms with Gasteiger partial charge >= 0.3 is 0 Å². The first kappa shape index (κ1) is 17.8. The van der Waals surface area contributed by atoms with Crippen LogP contribution in [0.15, 0.2) is 54.6 Å². The topological polar surface area (TPSA) is 91.2 Å². The van der Waals surface area contributed by atoms with Crippen molar-refractivity contribution >= 4 is 17.9 Å². The minimum atomic E-state index is -0.537. The van der Waals surface area contributed by atoms with Crippen LogP contribution in [0.1, 0.15) is 16.7 Å². The molecule has 2 aromatic carbocycles. The standard InChI is InChI=1S/C19H17N3O3/c1-14-6-8-15(9-7-14)10-11-18(23)21-22-19(24)13-25-17-5-3-2-4-16(17)12-20/h2-11H,13H2,1H3,(H,21,23)(H,22,24)/b11-10+. The minimum absolute atomic E-state index is 0.311. The van der Waals surface area contributed by atoms with Crippen LogP contribution in [0.3, 0.4) is 0 Å². The van der Waals surface area contributed by atoms with Crippen LogP contribution in [-0.4, -0.2) is 18.4 Å². The summed E-state index contributed by atoms with van der Waals surface area (Å²) >= 11 is 0. The second kappa shape index (κ2) is 8.89. The Hall–Kier alpha value is -3.59. The van der Waals surface area contributed by atoms with Crippen LogP contribution in [-0.2, 0) is 9.59 Å². The number of rotatable bonds is 5. The predicted molar refractivity (Wildman–Crippen MR) is 93.2 cm³/mol. The maximum absolute atomic E-state index is 11.7. The average Bonchev–Trinajstić information content (AvgIpc) is 2.64. The summed E-state index contributed by atoms with van der Waals surface area (Å²) in [7, 11) is 0. The summed E-state index contributed by atoms with van der Waals surface area (Å²) in [6.07, 6.45) is 2.96. The molecule has 0 unspecified atom stereocenters. The molecule has 0 atom stereocenters. The molecule has 0 saturated heterocycles. The summed E-state index contributed by atoms with van der Waals surface area (Å²) in [4.78, 5) is 23.3. The zero-order valence-corrected chi connectivity index (χ0v) is 13.7. The number of hydrogen-bond acceptors (Lipinski definition) is 4. The lowest BCUT2D eigenvalue weighted by molar-refractivity contribution is -0.128. The highest BCUT2D eigenvalue weighted by molar-refractivity contribution is 5.93. The summed E-state index contributed by atoms with van der Waals surface area (Å²) in [6.45, 7) is 1.66. The normalized spacial score (nSPS) is 10.1. The van der Waals surface area contributed by atoms with Gasteiger partial charge in [-0.05, 0) is 30.7 Å². The van der Waals surface area contributed by atoms with Crippen molar-refractivity contribution in [2.24, 2.45) is 0 Å². The second-order valence-corrected chi connectivity index (χ2v) is 5.18. The van der Waals surface area contributed by atoms with Gasteiger partial charge in [-0.3, -0.25) is 20.4 Å². The molecule has 2 aromatic rings. The molecule has 0 aromatic heterocycles. The van der Waals surface area contributed by atoms with Crippen molar-refractivity contribution < 1.29 is 14.3 Å². The van der Waals surface area contributed by atoms with Gasteiger partial charge in [0.05, 0.1) is 5.56 Å². The number of carbonyl (C=O) groups excluding carboxylic acids is 2. The molecule has 6 heteroatoms. The van der Waals surface area contributed by atoms with Crippen molar-refractivity contribution in [1.82, 2.24) is 10.9 Å². The van der Waals surface area contributed by atoms with Gasteiger partial charge in [0.1, 0.15) is 11.8 Å². The van der Waals surface area contributed by atoms with E-state index in [0.29, 0.717) is 11.3 Å². The zero-order valence-electron chi connectivity index (χ0n) is 13.7. The van der Waals surface area contributed by atoms with Crippen molar-refractivity contribution in [1.29, 1.82) is 5.26 Å². The summed E-state index contributed by atoms with van der Waals surface area (Å²) in [5, 5.41) is 8.93. The third kappa shape index (κ3) is 5.84. The molecule has 0 bridgehead atoms. The fourth-order valence-electron chi connectivity index (χ4n) is 1.89. The maximum atomic E-state index is 11.7. The maximum Gasteiger partial charge on any atom is 0.276 e. The number of hydrogen-bond donors (Lipinski definition) is 2. The van der Waals surface area contributed by atoms with Gasteiger partial charge in [0.2, 0.25) is 0 Å². The SMILES string of the molecule is Cc1ccc(/C=C/C(=O)NNC(=O)COc2ccccc2C#N)cc1. The van der Waals surface area contributed by atoms with Gasteiger partial charge in [-0.2, -0.15) is 5.26 Å². The number of hydrazine groups is 1. The van der Waals surface area contributed by atoms with Gasteiger partial charge in [-0.1, -0.05) is 42.0 Å². The third-order valence-electron chi connectivity index (χ3n) is 3.20. The molecule has 0 aliphatic rings. The molecular formula is C19H17N3O3. The minimum Gasteiger partial charge on any atom is -0.482 e. The number of para-hydroxylation sites is 1. The number of benzene rings is 2. The molecular weight excluding hydrogens is 318 g/mol. The summed E-state index contributed by atoms with van der Waals surface area (Å²) < 4.78 is 5.26. The lowest BCUT2D eigenvalue weighted by atomic mass is 10.1. The number of nitriles is 1. The van der Waals surface area contributed by atoms with E-state index >= 15 is 0 Å². The van der Waals surface area contributed by atoms with Gasteiger partial charge in [-0.15, -0.1) is 0 Å². The fraction of sp³-hybridized carbons (Fsp3) is 0.105. The molecule has 0 spiro atoms. The molecule has 0 heterocycles. The largest absolute Gasteiger partial charge is 0.482 e. The molecule has 0 radical (unpaired) electrons. The van der Waals surface area contributed by atoms with Crippen molar-refractivity contribution in [3.63, 3.8) is 0 Å². The Balaban J connectivity index is 1.76. The molecule has 0 aliphatic carbocycles. The van der Waals surface area contributed by atoms with E-state index in [1.807, 2.05) is 37.3 Å². The lowest BCUT2D eigenvalue weighted by Crippen LogP contribution is -2.43. The highest BCUT2D eigenvalue weighted by Crippen LogP contribution is 2.16. The van der Waals surface area contributed by atoms with Crippen molar-refractivity contribution in [2.45, 2.75) is 6.92 Å². The molecule has 2 amide bonds. The van der Waals surface area contributed by atoms with Crippen LogP contribution < -0.4 is 15.6 Å². The number of aryl methyl sites for hydroxylation is 1. The van der Waals surface area contributed by atoms with E-state index in [9.17, 15) is 9.59 Å². The van der Waals surface area contributed by atoms with Crippen LogP contribution >= 0.6 is 0 Å². The first-order valence-corrected chi connectivity index (χ1v) is 7.54. The van der Waals surface area contributed by atoms with Crippen LogP contribution in [0.25, 0.3) is 6.08 Å². The first-order chi connectivity index (χ1) is 12.1. The Morgan fingerprint density at radius 2 is 1.84 bits per heavy atom. The van der Waals surface area contributed by atoms with Gasteiger partial charge in [0.25, 0.3) is 11.8 Å². The van der Waals surface area contributed by atoms with Gasteiger partial charge < -0.3 is 4.74 Å². The Morgan fingerprint density at radius 3 is 2.56 bits per heavy atom. The Kier molecular flexibility index (Phi) is 6.32.